The number of rotatable bonds is 8. The zero-order valence-electron chi connectivity index (χ0n) is 22.4. The number of esters is 2. The highest BCUT2D eigenvalue weighted by molar-refractivity contribution is 7.11. The fraction of sp³-hybridized carbons (Fsp3) is 0.393. The van der Waals surface area contributed by atoms with Crippen LogP contribution in [0.5, 0.6) is 0 Å². The lowest BCUT2D eigenvalue weighted by Gasteiger charge is -2.35. The van der Waals surface area contributed by atoms with Gasteiger partial charge in [-0.05, 0) is 57.6 Å². The Morgan fingerprint density at radius 1 is 1.07 bits per heavy atom. The number of nitrogens with zero attached hydrogens (tertiary/aromatic N) is 4. The SMILES string of the molecule is CCOC(=O)C1=C([C@H]2CC[C@@H](n3nccc3C(=O)OCC)CC2)NC(c2nccs2)=NC1c1ccc(F)c(F)c1Cl. The van der Waals surface area contributed by atoms with Crippen LogP contribution in [0.1, 0.15) is 72.7 Å². The van der Waals surface area contributed by atoms with Crippen LogP contribution in [0, 0.1) is 17.6 Å². The Bertz CT molecular complexity index is 1500. The first-order chi connectivity index (χ1) is 19.8. The van der Waals surface area contributed by atoms with Crippen molar-refractivity contribution in [2.45, 2.75) is 51.6 Å². The van der Waals surface area contributed by atoms with E-state index in [4.69, 9.17) is 26.1 Å². The van der Waals surface area contributed by atoms with E-state index in [0.29, 0.717) is 47.9 Å². The topological polar surface area (TPSA) is 108 Å². The van der Waals surface area contributed by atoms with Gasteiger partial charge in [0.25, 0.3) is 0 Å². The molecule has 9 nitrogen and oxygen atoms in total. The molecule has 2 aromatic heterocycles. The summed E-state index contributed by atoms with van der Waals surface area (Å²) in [6.07, 6.45) is 5.82. The summed E-state index contributed by atoms with van der Waals surface area (Å²) in [7, 11) is 0. The van der Waals surface area contributed by atoms with Gasteiger partial charge in [0.05, 0.1) is 29.9 Å². The average molecular weight is 604 g/mol. The maximum absolute atomic E-state index is 14.6. The molecule has 1 aliphatic heterocycles. The lowest BCUT2D eigenvalue weighted by molar-refractivity contribution is -0.139. The average Bonchev–Trinajstić information content (AvgIpc) is 3.69. The molecule has 1 unspecified atom stereocenters. The molecule has 0 saturated heterocycles. The van der Waals surface area contributed by atoms with Crippen LogP contribution in [0.15, 0.2) is 52.2 Å². The number of hydrogen-bond acceptors (Lipinski definition) is 9. The van der Waals surface area contributed by atoms with Crippen molar-refractivity contribution < 1.29 is 27.8 Å². The van der Waals surface area contributed by atoms with Crippen molar-refractivity contribution in [2.24, 2.45) is 10.9 Å². The number of thiazole rings is 1. The number of aromatic nitrogens is 3. The third-order valence-corrected chi connectivity index (χ3v) is 8.33. The Morgan fingerprint density at radius 2 is 1.80 bits per heavy atom. The number of nitrogens with one attached hydrogen (secondary N) is 1. The summed E-state index contributed by atoms with van der Waals surface area (Å²) in [4.78, 5) is 34.9. The predicted octanol–water partition coefficient (Wildman–Crippen LogP) is 5.79. The van der Waals surface area contributed by atoms with Crippen LogP contribution < -0.4 is 5.32 Å². The molecule has 0 radical (unpaired) electrons. The number of hydrogen-bond donors (Lipinski definition) is 1. The standard InChI is InChI=1S/C28H28ClF2N5O4S/c1-3-39-27(37)19-11-12-33-36(19)16-7-5-15(6-8-16)23-20(28(38)40-4-2)24(17-9-10-18(30)22(31)21(17)29)35-25(34-23)26-32-13-14-41-26/h9-16,24H,3-8H2,1-2H3,(H,34,35)/t15-,16+,24?. The van der Waals surface area contributed by atoms with Crippen LogP contribution in [0.2, 0.25) is 5.02 Å². The monoisotopic (exact) mass is 603 g/mol. The third-order valence-electron chi connectivity index (χ3n) is 7.17. The summed E-state index contributed by atoms with van der Waals surface area (Å²) in [5.41, 5.74) is 1.31. The van der Waals surface area contributed by atoms with Crippen LogP contribution in [-0.2, 0) is 14.3 Å². The number of benzene rings is 1. The van der Waals surface area contributed by atoms with Crippen molar-refractivity contribution in [3.05, 3.63) is 80.2 Å². The van der Waals surface area contributed by atoms with E-state index >= 15 is 0 Å². The van der Waals surface area contributed by atoms with Gasteiger partial charge >= 0.3 is 11.9 Å². The van der Waals surface area contributed by atoms with Gasteiger partial charge in [-0.3, -0.25) is 9.67 Å². The van der Waals surface area contributed by atoms with Gasteiger partial charge in [0, 0.05) is 29.0 Å². The zero-order valence-corrected chi connectivity index (χ0v) is 24.0. The number of ether oxygens (including phenoxy) is 2. The molecule has 0 amide bonds. The van der Waals surface area contributed by atoms with Gasteiger partial charge in [0.1, 0.15) is 11.7 Å². The fourth-order valence-corrected chi connectivity index (χ4v) is 6.17. The molecule has 1 aromatic carbocycles. The van der Waals surface area contributed by atoms with Gasteiger partial charge in [-0.15, -0.1) is 11.3 Å². The molecule has 3 heterocycles. The number of allylic oxidation sites excluding steroid dienone is 1. The lowest BCUT2D eigenvalue weighted by atomic mass is 9.80. The minimum absolute atomic E-state index is 0.0422. The molecule has 1 aliphatic carbocycles. The van der Waals surface area contributed by atoms with Gasteiger partial charge < -0.3 is 14.8 Å². The molecule has 3 aromatic rings. The third kappa shape index (κ3) is 5.76. The molecule has 5 rings (SSSR count). The Morgan fingerprint density at radius 3 is 2.49 bits per heavy atom. The van der Waals surface area contributed by atoms with E-state index < -0.39 is 34.6 Å². The van der Waals surface area contributed by atoms with Crippen LogP contribution in [-0.4, -0.2) is 45.8 Å². The van der Waals surface area contributed by atoms with E-state index in [1.165, 1.54) is 17.4 Å². The van der Waals surface area contributed by atoms with Crippen molar-refractivity contribution in [3.8, 4) is 0 Å². The first-order valence-corrected chi connectivity index (χ1v) is 14.6. The highest BCUT2D eigenvalue weighted by Gasteiger charge is 2.39. The Balaban J connectivity index is 1.53. The minimum atomic E-state index is -1.21. The highest BCUT2D eigenvalue weighted by atomic mass is 35.5. The van der Waals surface area contributed by atoms with E-state index in [1.807, 2.05) is 0 Å². The van der Waals surface area contributed by atoms with E-state index in [0.717, 1.165) is 6.07 Å². The molecule has 2 aliphatic rings. The smallest absolute Gasteiger partial charge is 0.356 e. The highest BCUT2D eigenvalue weighted by Crippen LogP contribution is 2.43. The summed E-state index contributed by atoms with van der Waals surface area (Å²) < 4.78 is 40.9. The number of halogens is 3. The second-order valence-corrected chi connectivity index (χ2v) is 10.8. The quantitative estimate of drug-likeness (QED) is 0.257. The minimum Gasteiger partial charge on any atom is -0.463 e. The molecule has 1 saturated carbocycles. The molecule has 216 valence electrons. The zero-order chi connectivity index (χ0) is 29.1. The first kappa shape index (κ1) is 28.9. The summed E-state index contributed by atoms with van der Waals surface area (Å²) >= 11 is 7.63. The van der Waals surface area contributed by atoms with Crippen molar-refractivity contribution >= 4 is 40.7 Å². The Hall–Kier alpha value is -3.64. The van der Waals surface area contributed by atoms with Crippen LogP contribution >= 0.6 is 22.9 Å². The molecule has 41 heavy (non-hydrogen) atoms. The van der Waals surface area contributed by atoms with Gasteiger partial charge in [-0.1, -0.05) is 17.7 Å². The van der Waals surface area contributed by atoms with Crippen LogP contribution in [0.4, 0.5) is 8.78 Å². The summed E-state index contributed by atoms with van der Waals surface area (Å²) in [5.74, 6) is -3.10. The maximum atomic E-state index is 14.6. The first-order valence-electron chi connectivity index (χ1n) is 13.3. The van der Waals surface area contributed by atoms with Crippen molar-refractivity contribution in [2.75, 3.05) is 13.2 Å². The fourth-order valence-electron chi connectivity index (χ4n) is 5.33. The summed E-state index contributed by atoms with van der Waals surface area (Å²) in [6, 6.07) is 2.85. The normalized spacial score (nSPS) is 20.8. The molecule has 1 N–H and O–H groups in total. The summed E-state index contributed by atoms with van der Waals surface area (Å²) in [5, 5.41) is 9.61. The second-order valence-electron chi connectivity index (χ2n) is 9.54. The molecule has 1 atom stereocenters. The number of amidine groups is 1. The van der Waals surface area contributed by atoms with E-state index in [1.54, 1.807) is 42.4 Å². The molecule has 0 bridgehead atoms. The van der Waals surface area contributed by atoms with Crippen molar-refractivity contribution in [3.63, 3.8) is 0 Å². The second kappa shape index (κ2) is 12.5. The van der Waals surface area contributed by atoms with Crippen LogP contribution in [0.3, 0.4) is 0 Å². The van der Waals surface area contributed by atoms with Crippen molar-refractivity contribution in [1.82, 2.24) is 20.1 Å². The van der Waals surface area contributed by atoms with Gasteiger partial charge in [-0.2, -0.15) is 5.10 Å². The largest absolute Gasteiger partial charge is 0.463 e. The Labute approximate surface area is 244 Å². The predicted molar refractivity (Wildman–Crippen MR) is 149 cm³/mol. The van der Waals surface area contributed by atoms with E-state index in [-0.39, 0.29) is 36.3 Å². The van der Waals surface area contributed by atoms with E-state index in [9.17, 15) is 18.4 Å². The molecule has 0 spiro atoms. The molecule has 1 fully saturated rings. The number of carbonyl (C=O) groups is 2. The molecule has 13 heteroatoms. The number of carbonyl (C=O) groups excluding carboxylic acids is 2. The van der Waals surface area contributed by atoms with Gasteiger partial charge in [-0.25, -0.2) is 23.4 Å². The number of aliphatic imine (C=N–C) groups is 1. The summed E-state index contributed by atoms with van der Waals surface area (Å²) in [6.45, 7) is 3.81. The van der Waals surface area contributed by atoms with E-state index in [2.05, 4.69) is 15.4 Å². The van der Waals surface area contributed by atoms with Gasteiger partial charge in [0.2, 0.25) is 0 Å². The van der Waals surface area contributed by atoms with Gasteiger partial charge in [0.15, 0.2) is 22.5 Å². The Kier molecular flexibility index (Phi) is 8.79. The molecular formula is C28H28ClF2N5O4S. The van der Waals surface area contributed by atoms with Crippen LogP contribution in [0.25, 0.3) is 0 Å². The maximum Gasteiger partial charge on any atom is 0.356 e. The lowest BCUT2D eigenvalue weighted by Crippen LogP contribution is -2.38. The van der Waals surface area contributed by atoms with Crippen molar-refractivity contribution in [1.29, 1.82) is 0 Å². The molecular weight excluding hydrogens is 576 g/mol.